The van der Waals surface area contributed by atoms with Gasteiger partial charge in [-0.15, -0.1) is 0 Å². The monoisotopic (exact) mass is 1260 g/mol. The van der Waals surface area contributed by atoms with E-state index in [2.05, 4.69) is 58.3 Å². The van der Waals surface area contributed by atoms with Crippen molar-refractivity contribution in [3.8, 4) is 0 Å². The largest absolute Gasteiger partial charge is 0.394 e. The maximum absolute atomic E-state index is 13.1. The maximum atomic E-state index is 13.1. The fraction of sp³-hybridized carbons (Fsp3) is 0.885. The summed E-state index contributed by atoms with van der Waals surface area (Å²) in [6, 6.07) is -3.11. The summed E-state index contributed by atoms with van der Waals surface area (Å²) in [5.74, 6) is -0.207. The average Bonchev–Trinajstić information content (AvgIpc) is 1.60. The second-order valence-electron chi connectivity index (χ2n) is 28.0. The van der Waals surface area contributed by atoms with E-state index in [-0.39, 0.29) is 33.9 Å². The number of amides is 2. The number of carbonyl (C=O) groups is 3. The summed E-state index contributed by atoms with van der Waals surface area (Å²) in [6.45, 7) is 17.3. The summed E-state index contributed by atoms with van der Waals surface area (Å²) in [6.07, 6.45) is -27.0. The molecule has 8 fully saturated rings. The molecule has 3 saturated carbocycles. The van der Waals surface area contributed by atoms with E-state index in [0.29, 0.717) is 24.7 Å². The molecule has 27 heteroatoms. The summed E-state index contributed by atoms with van der Waals surface area (Å²) in [7, 11) is 0. The number of aliphatic hydroxyl groups excluding tert-OH is 12. The van der Waals surface area contributed by atoms with Crippen LogP contribution in [-0.2, 0) is 61.8 Å². The molecule has 0 spiro atoms. The van der Waals surface area contributed by atoms with Crippen molar-refractivity contribution in [2.24, 2.45) is 45.3 Å². The lowest BCUT2D eigenvalue weighted by Crippen LogP contribution is -2.69. The second-order valence-corrected chi connectivity index (χ2v) is 28.0. The van der Waals surface area contributed by atoms with Crippen LogP contribution in [0.25, 0.3) is 0 Å². The molecule has 0 radical (unpaired) electrons. The van der Waals surface area contributed by atoms with Gasteiger partial charge in [0, 0.05) is 20.3 Å². The third-order valence-corrected chi connectivity index (χ3v) is 21.8. The van der Waals surface area contributed by atoms with E-state index in [4.69, 9.17) is 47.4 Å². The Bertz CT molecular complexity index is 2500. The van der Waals surface area contributed by atoms with Crippen LogP contribution in [0.4, 0.5) is 0 Å². The lowest BCUT2D eigenvalue weighted by atomic mass is 9.41. The Morgan fingerprint density at radius 1 is 0.591 bits per heavy atom. The van der Waals surface area contributed by atoms with Crippen LogP contribution in [0.5, 0.6) is 0 Å². The first-order valence-corrected chi connectivity index (χ1v) is 31.2. The Balaban J connectivity index is 0.997. The maximum Gasteiger partial charge on any atom is 0.217 e. The smallest absolute Gasteiger partial charge is 0.217 e. The van der Waals surface area contributed by atoms with Crippen molar-refractivity contribution in [1.29, 1.82) is 0 Å². The van der Waals surface area contributed by atoms with Crippen LogP contribution < -0.4 is 10.6 Å². The van der Waals surface area contributed by atoms with Gasteiger partial charge in [0.2, 0.25) is 11.8 Å². The molecule has 88 heavy (non-hydrogen) atoms. The number of carbonyl (C=O) groups excluding carboxylic acids is 3. The molecule has 9 aliphatic rings. The molecule has 27 nitrogen and oxygen atoms in total. The molecule has 24 unspecified atom stereocenters. The Kier molecular flexibility index (Phi) is 21.6. The van der Waals surface area contributed by atoms with Crippen LogP contribution in [0.2, 0.25) is 0 Å². The van der Waals surface area contributed by atoms with Crippen molar-refractivity contribution in [2.75, 3.05) is 26.4 Å². The van der Waals surface area contributed by atoms with Gasteiger partial charge in [0.05, 0.1) is 32.5 Å². The standard InChI is InChI=1S/C61H98N2O25/c1-25(2)19-29(68)20-26(3)30-13-17-61(10)32-11-12-37-58(6,7)38(15-16-59(37,8)31(32)14-18-60(30,61)9)84-56-51(44(73)36(24-80-56)83-52-39(62-27(4)66)45(74)42(71)34(21-64)81-52)85-53-40(63-28(5)67)46(75)48(77)55(87-53)88-57-50(41(70)33(69)23-79-57)86-54-49(78)47(76)43(72)35(22-65)82-54/h14,19,26,30,32-57,64-65,69-78H,11-13,15-18,20-24H2,1-10H3,(H,62,66)(H,63,67)/t26-,30-,32-,33?,34?,35?,36?,37?,38+,39?,40?,41?,42?,43?,44?,45?,46?,47?,48?,49?,50?,51?,52?,53?,54?,55?,56?,57?,59-,60-,61+/m1/s1. The summed E-state index contributed by atoms with van der Waals surface area (Å²) < 4.78 is 61.7. The van der Waals surface area contributed by atoms with Crippen LogP contribution in [0, 0.1) is 45.3 Å². The first-order valence-electron chi connectivity index (χ1n) is 31.2. The Labute approximate surface area is 512 Å². The number of nitrogens with one attached hydrogen (secondary N) is 2. The molecule has 0 aromatic heterocycles. The molecule has 0 aromatic carbocycles. The van der Waals surface area contributed by atoms with E-state index in [9.17, 15) is 75.7 Å². The van der Waals surface area contributed by atoms with Gasteiger partial charge in [-0.2, -0.15) is 0 Å². The number of ether oxygens (including phenoxy) is 10. The van der Waals surface area contributed by atoms with Crippen LogP contribution in [0.15, 0.2) is 23.3 Å². The van der Waals surface area contributed by atoms with Gasteiger partial charge in [0.25, 0.3) is 0 Å². The van der Waals surface area contributed by atoms with Crippen molar-refractivity contribution in [1.82, 2.24) is 10.6 Å². The predicted octanol–water partition coefficient (Wildman–Crippen LogP) is -1.84. The zero-order valence-electron chi connectivity index (χ0n) is 52.0. The fourth-order valence-corrected chi connectivity index (χ4v) is 16.9. The Morgan fingerprint density at radius 3 is 1.76 bits per heavy atom. The highest BCUT2D eigenvalue weighted by molar-refractivity contribution is 5.90. The molecule has 5 aliphatic heterocycles. The summed E-state index contributed by atoms with van der Waals surface area (Å²) in [4.78, 5) is 38.5. The SMILES string of the molecule is CC(=O)NC1C(OC2COC(O[C@H]3CC[C@]4(C)C5=CC[C@]6(C)[C@@H]([C@H](C)CC(=O)C=C(C)C)CC[C@@]6(C)[C@@H]5CCC4C3(C)C)C(OC3OC(OC4OCC(O)C(O)C4OC4OC(CO)C(O)C(O)C4O)C(O)C(O)C3NC(C)=O)C2O)OC(CO)C(O)C1O. The van der Waals surface area contributed by atoms with Gasteiger partial charge < -0.3 is 119 Å². The van der Waals surface area contributed by atoms with Crippen molar-refractivity contribution in [2.45, 2.75) is 268 Å². The fourth-order valence-electron chi connectivity index (χ4n) is 16.9. The molecule has 9 rings (SSSR count). The highest BCUT2D eigenvalue weighted by atomic mass is 16.8. The Morgan fingerprint density at radius 2 is 1.14 bits per heavy atom. The predicted molar refractivity (Wildman–Crippen MR) is 303 cm³/mol. The van der Waals surface area contributed by atoms with Gasteiger partial charge in [-0.3, -0.25) is 14.4 Å². The highest BCUT2D eigenvalue weighted by Gasteiger charge is 2.66. The number of ketones is 1. The molecular formula is C61H98N2O25. The molecule has 2 amide bonds. The van der Waals surface area contributed by atoms with Crippen LogP contribution in [0.3, 0.4) is 0 Å². The van der Waals surface area contributed by atoms with Crippen LogP contribution in [-0.4, -0.2) is 253 Å². The normalized spacial score (nSPS) is 48.8. The molecule has 5 saturated heterocycles. The second kappa shape index (κ2) is 27.3. The van der Waals surface area contributed by atoms with Crippen molar-refractivity contribution >= 4 is 17.6 Å². The van der Waals surface area contributed by atoms with E-state index < -0.39 is 191 Å². The first-order chi connectivity index (χ1) is 41.3. The van der Waals surface area contributed by atoms with Crippen LogP contribution >= 0.6 is 0 Å². The zero-order chi connectivity index (χ0) is 64.4. The molecular weight excluding hydrogens is 1160 g/mol. The number of fused-ring (bicyclic) bond motifs is 5. The van der Waals surface area contributed by atoms with Crippen molar-refractivity contribution in [3.05, 3.63) is 23.3 Å². The van der Waals surface area contributed by atoms with Crippen molar-refractivity contribution < 1.29 is 123 Å². The number of hydrogen-bond acceptors (Lipinski definition) is 25. The van der Waals surface area contributed by atoms with E-state index in [1.807, 2.05) is 13.8 Å². The average molecular weight is 1260 g/mol. The molecule has 0 aromatic rings. The number of hydrogen-bond donors (Lipinski definition) is 14. The van der Waals surface area contributed by atoms with Gasteiger partial charge in [0.1, 0.15) is 104 Å². The highest BCUT2D eigenvalue weighted by Crippen LogP contribution is 2.73. The van der Waals surface area contributed by atoms with E-state index in [1.54, 1.807) is 6.08 Å². The molecule has 502 valence electrons. The first kappa shape index (κ1) is 69.5. The topological polar surface area (TPSA) is 410 Å². The van der Waals surface area contributed by atoms with Crippen LogP contribution in [0.1, 0.15) is 121 Å². The molecule has 5 heterocycles. The Hall–Kier alpha value is -2.79. The number of allylic oxidation sites excluding steroid dienone is 4. The third kappa shape index (κ3) is 13.1. The lowest BCUT2D eigenvalue weighted by molar-refractivity contribution is -0.412. The number of aliphatic hydroxyl groups is 12. The van der Waals surface area contributed by atoms with Gasteiger partial charge >= 0.3 is 0 Å². The summed E-state index contributed by atoms with van der Waals surface area (Å²) >= 11 is 0. The van der Waals surface area contributed by atoms with E-state index >= 15 is 0 Å². The zero-order valence-corrected chi connectivity index (χ0v) is 52.0. The van der Waals surface area contributed by atoms with E-state index in [0.717, 1.165) is 57.9 Å². The van der Waals surface area contributed by atoms with Gasteiger partial charge in [-0.25, -0.2) is 0 Å². The molecule has 0 bridgehead atoms. The molecule has 31 atom stereocenters. The van der Waals surface area contributed by atoms with E-state index in [1.165, 1.54) is 5.57 Å². The third-order valence-electron chi connectivity index (χ3n) is 21.8. The summed E-state index contributed by atoms with van der Waals surface area (Å²) in [5, 5.41) is 137. The van der Waals surface area contributed by atoms with Gasteiger partial charge in [0.15, 0.2) is 43.5 Å². The minimum absolute atomic E-state index is 0.00130. The quantitative estimate of drug-likeness (QED) is 0.0407. The lowest BCUT2D eigenvalue weighted by Gasteiger charge is -2.64. The minimum Gasteiger partial charge on any atom is -0.394 e. The molecule has 14 N–H and O–H groups in total. The van der Waals surface area contributed by atoms with Gasteiger partial charge in [-0.05, 0) is 110 Å². The van der Waals surface area contributed by atoms with Gasteiger partial charge in [-0.1, -0.05) is 58.8 Å². The number of rotatable bonds is 18. The summed E-state index contributed by atoms with van der Waals surface area (Å²) in [5.41, 5.74) is 1.63. The molecule has 4 aliphatic carbocycles. The van der Waals surface area contributed by atoms with Crippen molar-refractivity contribution in [3.63, 3.8) is 0 Å². The minimum atomic E-state index is -2.08.